The number of nitrogens with one attached hydrogen (secondary N) is 1. The van der Waals surface area contributed by atoms with E-state index in [0.29, 0.717) is 22.9 Å². The van der Waals surface area contributed by atoms with E-state index >= 15 is 0 Å². The van der Waals surface area contributed by atoms with E-state index < -0.39 is 15.9 Å². The van der Waals surface area contributed by atoms with Gasteiger partial charge in [0.05, 0.1) is 45.5 Å². The van der Waals surface area contributed by atoms with Crippen molar-refractivity contribution in [2.75, 3.05) is 32.3 Å². The molecule has 0 radical (unpaired) electrons. The highest BCUT2D eigenvalue weighted by Gasteiger charge is 2.22. The van der Waals surface area contributed by atoms with Gasteiger partial charge in [0.15, 0.2) is 0 Å². The summed E-state index contributed by atoms with van der Waals surface area (Å²) in [7, 11) is -0.612. The molecule has 0 unspecified atom stereocenters. The molecule has 1 N–H and O–H groups in total. The Labute approximate surface area is 146 Å². The van der Waals surface area contributed by atoms with E-state index in [2.05, 4.69) is 5.32 Å². The average molecular weight is 368 g/mol. The second-order valence-electron chi connectivity index (χ2n) is 5.22. The van der Waals surface area contributed by atoms with Crippen LogP contribution in [0.1, 0.15) is 5.76 Å². The predicted molar refractivity (Wildman–Crippen MR) is 92.1 cm³/mol. The lowest BCUT2D eigenvalue weighted by molar-refractivity contribution is -0.116. The Morgan fingerprint density at radius 2 is 2.00 bits per heavy atom. The van der Waals surface area contributed by atoms with Gasteiger partial charge in [-0.1, -0.05) is 0 Å². The van der Waals surface area contributed by atoms with Crippen LogP contribution in [0.25, 0.3) is 0 Å². The molecular weight excluding hydrogens is 348 g/mol. The smallest absolute Gasteiger partial charge is 0.239 e. The van der Waals surface area contributed by atoms with Crippen molar-refractivity contribution < 1.29 is 27.1 Å². The van der Waals surface area contributed by atoms with Crippen molar-refractivity contribution >= 4 is 21.6 Å². The maximum atomic E-state index is 12.3. The number of carbonyl (C=O) groups excluding carboxylic acids is 1. The molecule has 9 heteroatoms. The van der Waals surface area contributed by atoms with Gasteiger partial charge >= 0.3 is 0 Å². The van der Waals surface area contributed by atoms with E-state index in [9.17, 15) is 13.2 Å². The summed E-state index contributed by atoms with van der Waals surface area (Å²) in [5.41, 5.74) is 0.416. The second kappa shape index (κ2) is 8.04. The summed E-state index contributed by atoms with van der Waals surface area (Å²) in [5, 5.41) is 2.64. The Morgan fingerprint density at radius 1 is 1.24 bits per heavy atom. The van der Waals surface area contributed by atoms with E-state index in [1.165, 1.54) is 20.5 Å². The van der Waals surface area contributed by atoms with Gasteiger partial charge in [0.25, 0.3) is 0 Å². The number of methoxy groups -OCH3 is 2. The number of carbonyl (C=O) groups is 1. The van der Waals surface area contributed by atoms with Gasteiger partial charge in [-0.25, -0.2) is 8.42 Å². The molecule has 0 fully saturated rings. The molecule has 0 aliphatic rings. The summed E-state index contributed by atoms with van der Waals surface area (Å²) in [6.45, 7) is -0.381. The molecule has 0 aliphatic heterocycles. The fourth-order valence-electron chi connectivity index (χ4n) is 2.12. The Bertz CT molecular complexity index is 817. The minimum atomic E-state index is -3.59. The zero-order valence-electron chi connectivity index (χ0n) is 14.2. The van der Waals surface area contributed by atoms with Crippen molar-refractivity contribution in [2.24, 2.45) is 0 Å². The molecule has 0 saturated carbocycles. The van der Waals surface area contributed by atoms with E-state index in [-0.39, 0.29) is 13.1 Å². The van der Waals surface area contributed by atoms with E-state index in [1.54, 1.807) is 30.3 Å². The second-order valence-corrected chi connectivity index (χ2v) is 7.21. The highest BCUT2D eigenvalue weighted by Crippen LogP contribution is 2.29. The molecule has 1 aromatic carbocycles. The van der Waals surface area contributed by atoms with Gasteiger partial charge in [-0.2, -0.15) is 4.31 Å². The molecule has 136 valence electrons. The van der Waals surface area contributed by atoms with Gasteiger partial charge < -0.3 is 19.2 Å². The minimum absolute atomic E-state index is 0.0288. The number of hydrogen-bond donors (Lipinski definition) is 1. The third kappa shape index (κ3) is 5.23. The first-order valence-electron chi connectivity index (χ1n) is 7.33. The summed E-state index contributed by atoms with van der Waals surface area (Å²) in [4.78, 5) is 12.3. The van der Waals surface area contributed by atoms with Crippen LogP contribution in [0.4, 0.5) is 5.69 Å². The standard InChI is InChI=1S/C16H20N2O6S/c1-22-12-6-7-14(15(9-12)23-2)17-16(19)11-18(25(3,20)21)10-13-5-4-8-24-13/h4-9H,10-11H2,1-3H3,(H,17,19). The number of rotatable bonds is 8. The largest absolute Gasteiger partial charge is 0.497 e. The number of hydrogen-bond acceptors (Lipinski definition) is 6. The molecule has 2 rings (SSSR count). The molecule has 0 atom stereocenters. The molecule has 1 aromatic heterocycles. The van der Waals surface area contributed by atoms with Crippen molar-refractivity contribution in [1.29, 1.82) is 0 Å². The normalized spacial score (nSPS) is 11.4. The number of nitrogens with zero attached hydrogens (tertiary/aromatic N) is 1. The Kier molecular flexibility index (Phi) is 6.05. The van der Waals surface area contributed by atoms with Crippen molar-refractivity contribution in [3.8, 4) is 11.5 Å². The Morgan fingerprint density at radius 3 is 2.56 bits per heavy atom. The van der Waals surface area contributed by atoms with E-state index in [4.69, 9.17) is 13.9 Å². The van der Waals surface area contributed by atoms with Gasteiger partial charge in [0.1, 0.15) is 17.3 Å². The SMILES string of the molecule is COc1ccc(NC(=O)CN(Cc2ccco2)S(C)(=O)=O)c(OC)c1. The van der Waals surface area contributed by atoms with Crippen molar-refractivity contribution in [2.45, 2.75) is 6.54 Å². The summed E-state index contributed by atoms with van der Waals surface area (Å²) >= 11 is 0. The van der Waals surface area contributed by atoms with Crippen LogP contribution in [0.2, 0.25) is 0 Å². The number of benzene rings is 1. The lowest BCUT2D eigenvalue weighted by Crippen LogP contribution is -2.36. The van der Waals surface area contributed by atoms with Gasteiger partial charge in [0, 0.05) is 6.07 Å². The molecule has 1 amide bonds. The number of furan rings is 1. The maximum Gasteiger partial charge on any atom is 0.239 e. The lowest BCUT2D eigenvalue weighted by Gasteiger charge is -2.19. The van der Waals surface area contributed by atoms with Gasteiger partial charge in [-0.3, -0.25) is 4.79 Å². The van der Waals surface area contributed by atoms with E-state index in [1.807, 2.05) is 0 Å². The zero-order valence-corrected chi connectivity index (χ0v) is 15.0. The number of anilines is 1. The predicted octanol–water partition coefficient (Wildman–Crippen LogP) is 1.70. The van der Waals surface area contributed by atoms with Crippen LogP contribution in [0.15, 0.2) is 41.0 Å². The number of sulfonamides is 1. The highest BCUT2D eigenvalue weighted by molar-refractivity contribution is 7.88. The fraction of sp³-hybridized carbons (Fsp3) is 0.312. The van der Waals surface area contributed by atoms with Gasteiger partial charge in [-0.15, -0.1) is 0 Å². The van der Waals surface area contributed by atoms with Crippen molar-refractivity contribution in [1.82, 2.24) is 4.31 Å². The zero-order chi connectivity index (χ0) is 18.4. The summed E-state index contributed by atoms with van der Waals surface area (Å²) in [6, 6.07) is 8.19. The van der Waals surface area contributed by atoms with E-state index in [0.717, 1.165) is 10.6 Å². The quantitative estimate of drug-likeness (QED) is 0.761. The van der Waals surface area contributed by atoms with Crippen LogP contribution in [-0.2, 0) is 21.4 Å². The summed E-state index contributed by atoms with van der Waals surface area (Å²) in [6.07, 6.45) is 2.48. The molecule has 2 aromatic rings. The maximum absolute atomic E-state index is 12.3. The lowest BCUT2D eigenvalue weighted by atomic mass is 10.2. The molecule has 0 spiro atoms. The molecule has 0 aliphatic carbocycles. The van der Waals surface area contributed by atoms with Crippen LogP contribution in [0.3, 0.4) is 0 Å². The molecule has 1 heterocycles. The van der Waals surface area contributed by atoms with Crippen LogP contribution >= 0.6 is 0 Å². The molecule has 0 bridgehead atoms. The minimum Gasteiger partial charge on any atom is -0.497 e. The fourth-order valence-corrected chi connectivity index (χ4v) is 2.83. The Hall–Kier alpha value is -2.52. The number of amides is 1. The van der Waals surface area contributed by atoms with Crippen molar-refractivity contribution in [3.63, 3.8) is 0 Å². The highest BCUT2D eigenvalue weighted by atomic mass is 32.2. The first-order chi connectivity index (χ1) is 11.8. The van der Waals surface area contributed by atoms with Gasteiger partial charge in [-0.05, 0) is 24.3 Å². The van der Waals surface area contributed by atoms with Crippen LogP contribution in [0.5, 0.6) is 11.5 Å². The topological polar surface area (TPSA) is 98.1 Å². The average Bonchev–Trinajstić information content (AvgIpc) is 3.07. The first kappa shape index (κ1) is 18.8. The Balaban J connectivity index is 2.11. The van der Waals surface area contributed by atoms with Crippen LogP contribution in [0, 0.1) is 0 Å². The molecule has 0 saturated heterocycles. The number of ether oxygens (including phenoxy) is 2. The molecule has 25 heavy (non-hydrogen) atoms. The summed E-state index contributed by atoms with van der Waals surface area (Å²) in [5.74, 6) is 0.927. The van der Waals surface area contributed by atoms with Crippen molar-refractivity contribution in [3.05, 3.63) is 42.4 Å². The van der Waals surface area contributed by atoms with Crippen LogP contribution in [-0.4, -0.2) is 45.7 Å². The molecule has 8 nitrogen and oxygen atoms in total. The third-order valence-corrected chi connectivity index (χ3v) is 4.58. The van der Waals surface area contributed by atoms with Gasteiger partial charge in [0.2, 0.25) is 15.9 Å². The van der Waals surface area contributed by atoms with Crippen LogP contribution < -0.4 is 14.8 Å². The third-order valence-electron chi connectivity index (χ3n) is 3.38. The molecular formula is C16H20N2O6S. The monoisotopic (exact) mass is 368 g/mol. The summed E-state index contributed by atoms with van der Waals surface area (Å²) < 4.78 is 40.3. The first-order valence-corrected chi connectivity index (χ1v) is 9.17.